The molecule has 1 heterocycles. The van der Waals surface area contributed by atoms with E-state index in [1.165, 1.54) is 35.3 Å². The Kier molecular flexibility index (Phi) is 4.74. The Bertz CT molecular complexity index is 414. The van der Waals surface area contributed by atoms with E-state index in [9.17, 15) is 0 Å². The summed E-state index contributed by atoms with van der Waals surface area (Å²) < 4.78 is 0. The zero-order chi connectivity index (χ0) is 13.1. The molecule has 0 saturated heterocycles. The maximum absolute atomic E-state index is 3.76. The average molecular weight is 263 g/mol. The number of hydrogen-bond acceptors (Lipinski definition) is 2. The van der Waals surface area contributed by atoms with Crippen LogP contribution < -0.4 is 5.32 Å². The second-order valence-corrected chi connectivity index (χ2v) is 6.63. The van der Waals surface area contributed by atoms with Crippen LogP contribution in [0.15, 0.2) is 17.0 Å². The molecule has 0 spiro atoms. The molecule has 1 aliphatic rings. The van der Waals surface area contributed by atoms with E-state index >= 15 is 0 Å². The van der Waals surface area contributed by atoms with Crippen LogP contribution in [0, 0.1) is 13.8 Å². The van der Waals surface area contributed by atoms with Gasteiger partial charge < -0.3 is 5.32 Å². The molecule has 1 aromatic carbocycles. The van der Waals surface area contributed by atoms with Crippen LogP contribution in [0.4, 0.5) is 0 Å². The van der Waals surface area contributed by atoms with Gasteiger partial charge in [0.1, 0.15) is 0 Å². The van der Waals surface area contributed by atoms with Gasteiger partial charge in [0.15, 0.2) is 0 Å². The maximum Gasteiger partial charge on any atom is 0.0455 e. The van der Waals surface area contributed by atoms with Gasteiger partial charge in [-0.2, -0.15) is 0 Å². The summed E-state index contributed by atoms with van der Waals surface area (Å²) in [4.78, 5) is 1.53. The summed E-state index contributed by atoms with van der Waals surface area (Å²) in [6.45, 7) is 10.1. The van der Waals surface area contributed by atoms with E-state index in [1.807, 2.05) is 0 Å². The van der Waals surface area contributed by atoms with Crippen LogP contribution in [0.1, 0.15) is 55.8 Å². The second-order valence-electron chi connectivity index (χ2n) is 5.38. The lowest BCUT2D eigenvalue weighted by Crippen LogP contribution is -2.27. The van der Waals surface area contributed by atoms with Crippen molar-refractivity contribution in [1.82, 2.24) is 5.32 Å². The lowest BCUT2D eigenvalue weighted by Gasteiger charge is -2.20. The number of benzene rings is 1. The van der Waals surface area contributed by atoms with Gasteiger partial charge in [-0.15, -0.1) is 11.8 Å². The van der Waals surface area contributed by atoms with Crippen LogP contribution in [-0.4, -0.2) is 11.8 Å². The fraction of sp³-hybridized carbons (Fsp3) is 0.625. The van der Waals surface area contributed by atoms with E-state index in [1.54, 1.807) is 5.56 Å². The predicted molar refractivity (Wildman–Crippen MR) is 81.5 cm³/mol. The van der Waals surface area contributed by atoms with Gasteiger partial charge in [0.2, 0.25) is 0 Å². The van der Waals surface area contributed by atoms with Gasteiger partial charge in [-0.3, -0.25) is 0 Å². The summed E-state index contributed by atoms with van der Waals surface area (Å²) in [6.07, 6.45) is 3.79. The highest BCUT2D eigenvalue weighted by atomic mass is 32.2. The van der Waals surface area contributed by atoms with Crippen molar-refractivity contribution in [2.24, 2.45) is 0 Å². The van der Waals surface area contributed by atoms with Gasteiger partial charge in [-0.1, -0.05) is 38.0 Å². The average Bonchev–Trinajstić information content (AvgIpc) is 2.65. The lowest BCUT2D eigenvalue weighted by molar-refractivity contribution is 0.498. The molecule has 0 fully saturated rings. The van der Waals surface area contributed by atoms with Gasteiger partial charge in [-0.05, 0) is 44.4 Å². The molecular formula is C16H25NS. The van der Waals surface area contributed by atoms with Crippen molar-refractivity contribution in [3.63, 3.8) is 0 Å². The SMILES string of the molecule is CCCNC1c2cc(C)cc(C)c2SC1CCC. The normalized spacial score (nSPS) is 22.2. The molecule has 0 bridgehead atoms. The minimum absolute atomic E-state index is 0.559. The molecule has 2 rings (SSSR count). The summed E-state index contributed by atoms with van der Waals surface area (Å²) in [7, 11) is 0. The first kappa shape index (κ1) is 14.0. The lowest BCUT2D eigenvalue weighted by atomic mass is 9.97. The van der Waals surface area contributed by atoms with Crippen molar-refractivity contribution < 1.29 is 0 Å². The standard InChI is InChI=1S/C16H25NS/c1-5-7-14-15(17-8-6-2)13-10-11(3)9-12(4)16(13)18-14/h9-10,14-15,17H,5-8H2,1-4H3. The Labute approximate surface area is 116 Å². The van der Waals surface area contributed by atoms with Crippen molar-refractivity contribution in [1.29, 1.82) is 0 Å². The Balaban J connectivity index is 2.29. The highest BCUT2D eigenvalue weighted by Gasteiger charge is 2.33. The molecule has 18 heavy (non-hydrogen) atoms. The van der Waals surface area contributed by atoms with E-state index in [2.05, 4.69) is 56.9 Å². The molecule has 1 aromatic rings. The van der Waals surface area contributed by atoms with Gasteiger partial charge in [0.05, 0.1) is 0 Å². The topological polar surface area (TPSA) is 12.0 Å². The van der Waals surface area contributed by atoms with Crippen molar-refractivity contribution in [2.75, 3.05) is 6.54 Å². The number of fused-ring (bicyclic) bond motifs is 1. The third kappa shape index (κ3) is 2.75. The zero-order valence-corrected chi connectivity index (χ0v) is 12.9. The molecular weight excluding hydrogens is 238 g/mol. The molecule has 0 aromatic heterocycles. The van der Waals surface area contributed by atoms with E-state index < -0.39 is 0 Å². The summed E-state index contributed by atoms with van der Waals surface area (Å²) in [5, 5.41) is 4.48. The summed E-state index contributed by atoms with van der Waals surface area (Å²) in [5.41, 5.74) is 4.40. The predicted octanol–water partition coefficient (Wildman–Crippen LogP) is 4.62. The van der Waals surface area contributed by atoms with Gasteiger partial charge >= 0.3 is 0 Å². The third-order valence-electron chi connectivity index (χ3n) is 3.61. The fourth-order valence-corrected chi connectivity index (χ4v) is 4.45. The highest BCUT2D eigenvalue weighted by Crippen LogP contribution is 2.47. The Morgan fingerprint density at radius 2 is 1.94 bits per heavy atom. The maximum atomic E-state index is 3.76. The third-order valence-corrected chi connectivity index (χ3v) is 5.22. The van der Waals surface area contributed by atoms with E-state index in [-0.39, 0.29) is 0 Å². The number of hydrogen-bond donors (Lipinski definition) is 1. The first-order valence-corrected chi connectivity index (χ1v) is 8.06. The van der Waals surface area contributed by atoms with Crippen molar-refractivity contribution >= 4 is 11.8 Å². The number of aryl methyl sites for hydroxylation is 2. The minimum Gasteiger partial charge on any atom is -0.309 e. The van der Waals surface area contributed by atoms with Crippen LogP contribution in [0.25, 0.3) is 0 Å². The zero-order valence-electron chi connectivity index (χ0n) is 12.0. The quantitative estimate of drug-likeness (QED) is 0.832. The molecule has 0 aliphatic carbocycles. The van der Waals surface area contributed by atoms with Crippen molar-refractivity contribution in [3.8, 4) is 0 Å². The largest absolute Gasteiger partial charge is 0.309 e. The first-order valence-electron chi connectivity index (χ1n) is 7.18. The smallest absolute Gasteiger partial charge is 0.0455 e. The van der Waals surface area contributed by atoms with Gasteiger partial charge in [-0.25, -0.2) is 0 Å². The van der Waals surface area contributed by atoms with Crippen molar-refractivity contribution in [3.05, 3.63) is 28.8 Å². The van der Waals surface area contributed by atoms with Crippen LogP contribution in [0.5, 0.6) is 0 Å². The molecule has 2 unspecified atom stereocenters. The highest BCUT2D eigenvalue weighted by molar-refractivity contribution is 8.00. The number of nitrogens with one attached hydrogen (secondary N) is 1. The monoisotopic (exact) mass is 263 g/mol. The molecule has 1 N–H and O–H groups in total. The van der Waals surface area contributed by atoms with Crippen LogP contribution >= 0.6 is 11.8 Å². The van der Waals surface area contributed by atoms with Crippen molar-refractivity contribution in [2.45, 2.75) is 63.1 Å². The van der Waals surface area contributed by atoms with E-state index in [4.69, 9.17) is 0 Å². The number of rotatable bonds is 5. The molecule has 1 aliphatic heterocycles. The molecule has 0 saturated carbocycles. The minimum atomic E-state index is 0.559. The van der Waals surface area contributed by atoms with Gasteiger partial charge in [0.25, 0.3) is 0 Å². The van der Waals surface area contributed by atoms with Gasteiger partial charge in [0, 0.05) is 16.2 Å². The summed E-state index contributed by atoms with van der Waals surface area (Å²) >= 11 is 2.09. The molecule has 2 atom stereocenters. The van der Waals surface area contributed by atoms with Crippen LogP contribution in [0.2, 0.25) is 0 Å². The molecule has 1 nitrogen and oxygen atoms in total. The Morgan fingerprint density at radius 3 is 2.61 bits per heavy atom. The number of thioether (sulfide) groups is 1. The van der Waals surface area contributed by atoms with Crippen LogP contribution in [-0.2, 0) is 0 Å². The summed E-state index contributed by atoms with van der Waals surface area (Å²) in [5.74, 6) is 0. The summed E-state index contributed by atoms with van der Waals surface area (Å²) in [6, 6.07) is 5.26. The Morgan fingerprint density at radius 1 is 1.17 bits per heavy atom. The fourth-order valence-electron chi connectivity index (χ4n) is 2.85. The molecule has 0 amide bonds. The van der Waals surface area contributed by atoms with E-state index in [0.29, 0.717) is 6.04 Å². The van der Waals surface area contributed by atoms with E-state index in [0.717, 1.165) is 11.8 Å². The molecule has 100 valence electrons. The Hall–Kier alpha value is -0.470. The second kappa shape index (κ2) is 6.12. The molecule has 2 heteroatoms. The molecule has 0 radical (unpaired) electrons. The van der Waals surface area contributed by atoms with Crippen LogP contribution in [0.3, 0.4) is 0 Å². The first-order chi connectivity index (χ1) is 8.67.